The van der Waals surface area contributed by atoms with Crippen LogP contribution < -0.4 is 5.32 Å². The normalized spacial score (nSPS) is 23.0. The van der Waals surface area contributed by atoms with Gasteiger partial charge in [0, 0.05) is 31.4 Å². The van der Waals surface area contributed by atoms with Crippen LogP contribution in [0.25, 0.3) is 0 Å². The van der Waals surface area contributed by atoms with Crippen molar-refractivity contribution in [3.8, 4) is 0 Å². The molecule has 0 amide bonds. The average molecular weight is 335 g/mol. The van der Waals surface area contributed by atoms with Gasteiger partial charge in [0.1, 0.15) is 0 Å². The predicted molar refractivity (Wildman–Crippen MR) is 95.4 cm³/mol. The van der Waals surface area contributed by atoms with E-state index < -0.39 is 12.5 Å². The van der Waals surface area contributed by atoms with Crippen LogP contribution >= 0.6 is 0 Å². The topological polar surface area (TPSA) is 18.5 Å². The van der Waals surface area contributed by atoms with Crippen LogP contribution in [0, 0.1) is 0 Å². The number of hydrogen-bond donors (Lipinski definition) is 1. The molecule has 3 nitrogen and oxygen atoms in total. The van der Waals surface area contributed by atoms with Gasteiger partial charge in [-0.25, -0.2) is 8.78 Å². The summed E-state index contributed by atoms with van der Waals surface area (Å²) in [6.07, 6.45) is 4.98. The molecule has 2 heterocycles. The fraction of sp³-hybridized carbons (Fsp3) is 0.474. The molecule has 2 aliphatic rings. The molecule has 24 heavy (non-hydrogen) atoms. The Kier molecular flexibility index (Phi) is 5.21. The zero-order valence-corrected chi connectivity index (χ0v) is 14.8. The largest absolute Gasteiger partial charge is 0.379 e. The lowest BCUT2D eigenvalue weighted by molar-refractivity contribution is 0.0254. The highest BCUT2D eigenvalue weighted by atomic mass is 19.3. The van der Waals surface area contributed by atoms with Crippen LogP contribution in [-0.2, 0) is 0 Å². The van der Waals surface area contributed by atoms with Crippen LogP contribution in [0.4, 0.5) is 8.78 Å². The summed E-state index contributed by atoms with van der Waals surface area (Å²) >= 11 is 0. The van der Waals surface area contributed by atoms with Crippen molar-refractivity contribution in [2.45, 2.75) is 39.2 Å². The van der Waals surface area contributed by atoms with Crippen molar-refractivity contribution in [3.63, 3.8) is 0 Å². The molecule has 2 aliphatic heterocycles. The fourth-order valence-electron chi connectivity index (χ4n) is 3.15. The zero-order chi connectivity index (χ0) is 18.1. The van der Waals surface area contributed by atoms with Gasteiger partial charge >= 0.3 is 0 Å². The highest BCUT2D eigenvalue weighted by Crippen LogP contribution is 2.36. The van der Waals surface area contributed by atoms with Crippen LogP contribution in [0.3, 0.4) is 0 Å². The molecule has 0 aliphatic carbocycles. The third-order valence-electron chi connectivity index (χ3n) is 4.45. The van der Waals surface area contributed by atoms with E-state index in [1.54, 1.807) is 0 Å². The second-order valence-corrected chi connectivity index (χ2v) is 6.74. The maximum absolute atomic E-state index is 12.9. The lowest BCUT2D eigenvalue weighted by Gasteiger charge is -2.40. The first-order valence-electron chi connectivity index (χ1n) is 8.18. The summed E-state index contributed by atoms with van der Waals surface area (Å²) in [6.45, 7) is 18.4. The molecule has 1 N–H and O–H groups in total. The first-order chi connectivity index (χ1) is 11.1. The molecular weight excluding hydrogens is 308 g/mol. The third kappa shape index (κ3) is 4.08. The molecule has 0 aromatic carbocycles. The van der Waals surface area contributed by atoms with E-state index >= 15 is 0 Å². The van der Waals surface area contributed by atoms with Gasteiger partial charge in [0.2, 0.25) is 0 Å². The van der Waals surface area contributed by atoms with E-state index in [4.69, 9.17) is 0 Å². The van der Waals surface area contributed by atoms with E-state index in [0.717, 1.165) is 49.1 Å². The van der Waals surface area contributed by atoms with Crippen molar-refractivity contribution in [2.75, 3.05) is 19.6 Å². The number of nitrogens with one attached hydrogen (secondary N) is 1. The molecule has 1 atom stereocenters. The van der Waals surface area contributed by atoms with Gasteiger partial charge in [-0.1, -0.05) is 25.8 Å². The van der Waals surface area contributed by atoms with Gasteiger partial charge < -0.3 is 15.1 Å². The summed E-state index contributed by atoms with van der Waals surface area (Å²) < 4.78 is 25.9. The van der Waals surface area contributed by atoms with Crippen LogP contribution in [-0.4, -0.2) is 41.4 Å². The Morgan fingerprint density at radius 3 is 2.62 bits per heavy atom. The summed E-state index contributed by atoms with van der Waals surface area (Å²) in [5.74, 6) is -2.76. The Labute approximate surface area is 143 Å². The van der Waals surface area contributed by atoms with Gasteiger partial charge in [-0.05, 0) is 31.9 Å². The Morgan fingerprint density at radius 2 is 2.04 bits per heavy atom. The maximum Gasteiger partial charge on any atom is 0.262 e. The minimum atomic E-state index is -2.76. The third-order valence-corrected chi connectivity index (χ3v) is 4.45. The lowest BCUT2D eigenvalue weighted by Crippen LogP contribution is -2.42. The van der Waals surface area contributed by atoms with E-state index in [1.807, 2.05) is 26.0 Å². The average Bonchev–Trinajstić information content (AvgIpc) is 2.88. The van der Waals surface area contributed by atoms with Gasteiger partial charge in [0.25, 0.3) is 5.92 Å². The van der Waals surface area contributed by atoms with Gasteiger partial charge in [0.05, 0.1) is 24.0 Å². The molecule has 2 fully saturated rings. The number of alkyl halides is 2. The van der Waals surface area contributed by atoms with Crippen molar-refractivity contribution >= 4 is 0 Å². The van der Waals surface area contributed by atoms with Gasteiger partial charge in [0.15, 0.2) is 0 Å². The second kappa shape index (κ2) is 6.83. The predicted octanol–water partition coefficient (Wildman–Crippen LogP) is 4.01. The number of allylic oxidation sites excluding steroid dienone is 4. The minimum Gasteiger partial charge on any atom is -0.379 e. The highest BCUT2D eigenvalue weighted by molar-refractivity contribution is 5.39. The molecule has 0 aromatic heterocycles. The number of rotatable bonds is 6. The standard InChI is InChI=1S/C19H27F2N3/c1-13(2)24-16(5)18(23-10-9-17(24)11-23)8-7-14(3)15(4)22-12-19(6,20)21/h7-8,17,22H,1,4-5,9-12H2,2-3,6H3/b14-7+,18-8+. The molecule has 132 valence electrons. The second-order valence-electron chi connectivity index (χ2n) is 6.74. The quantitative estimate of drug-likeness (QED) is 0.740. The smallest absolute Gasteiger partial charge is 0.262 e. The van der Waals surface area contributed by atoms with E-state index in [2.05, 4.69) is 34.9 Å². The molecule has 5 heteroatoms. The number of halogens is 2. The molecule has 2 bridgehead atoms. The van der Waals surface area contributed by atoms with Crippen molar-refractivity contribution in [1.29, 1.82) is 0 Å². The number of piperazine rings is 1. The van der Waals surface area contributed by atoms with E-state index in [0.29, 0.717) is 11.7 Å². The molecule has 2 rings (SSSR count). The first kappa shape index (κ1) is 18.3. The molecule has 0 radical (unpaired) electrons. The Balaban J connectivity index is 2.13. The fourth-order valence-corrected chi connectivity index (χ4v) is 3.15. The summed E-state index contributed by atoms with van der Waals surface area (Å²) in [6, 6.07) is 0.445. The van der Waals surface area contributed by atoms with Crippen molar-refractivity contribution in [2.24, 2.45) is 0 Å². The van der Waals surface area contributed by atoms with Gasteiger partial charge in [-0.15, -0.1) is 0 Å². The van der Waals surface area contributed by atoms with Gasteiger partial charge in [-0.2, -0.15) is 0 Å². The summed E-state index contributed by atoms with van der Waals surface area (Å²) in [5.41, 5.74) is 4.32. The van der Waals surface area contributed by atoms with Crippen LogP contribution in [0.1, 0.15) is 27.2 Å². The van der Waals surface area contributed by atoms with Crippen LogP contribution in [0.5, 0.6) is 0 Å². The summed E-state index contributed by atoms with van der Waals surface area (Å²) in [4.78, 5) is 4.51. The lowest BCUT2D eigenvalue weighted by atomic mass is 10.1. The SMILES string of the molecule is C=C(NCC(C)(F)F)/C(C)=C/C=C1\C(=C)N(C(=C)C)C2CCN1C2. The minimum absolute atomic E-state index is 0.419. The van der Waals surface area contributed by atoms with E-state index in [9.17, 15) is 8.78 Å². The molecule has 0 spiro atoms. The van der Waals surface area contributed by atoms with Crippen molar-refractivity contribution < 1.29 is 8.78 Å². The summed E-state index contributed by atoms with van der Waals surface area (Å²) in [5, 5.41) is 2.68. The van der Waals surface area contributed by atoms with Crippen molar-refractivity contribution in [1.82, 2.24) is 15.1 Å². The maximum atomic E-state index is 12.9. The zero-order valence-electron chi connectivity index (χ0n) is 14.8. The monoisotopic (exact) mass is 335 g/mol. The van der Waals surface area contributed by atoms with E-state index in [1.165, 1.54) is 0 Å². The Morgan fingerprint density at radius 1 is 1.38 bits per heavy atom. The Bertz CT molecular complexity index is 611. The number of nitrogens with zero attached hydrogens (tertiary/aromatic N) is 2. The molecule has 2 saturated heterocycles. The van der Waals surface area contributed by atoms with Crippen LogP contribution in [0.2, 0.25) is 0 Å². The van der Waals surface area contributed by atoms with Gasteiger partial charge in [-0.3, -0.25) is 0 Å². The summed E-state index contributed by atoms with van der Waals surface area (Å²) in [7, 11) is 0. The molecule has 1 unspecified atom stereocenters. The number of hydrogen-bond acceptors (Lipinski definition) is 3. The highest BCUT2D eigenvalue weighted by Gasteiger charge is 2.37. The molecular formula is C19H27F2N3. The first-order valence-corrected chi connectivity index (χ1v) is 8.18. The van der Waals surface area contributed by atoms with Crippen LogP contribution in [0.15, 0.2) is 60.3 Å². The van der Waals surface area contributed by atoms with E-state index in [-0.39, 0.29) is 0 Å². The molecule has 0 saturated carbocycles. The molecule has 0 aromatic rings. The number of fused-ring (bicyclic) bond motifs is 2. The van der Waals surface area contributed by atoms with Crippen molar-refractivity contribution in [3.05, 3.63) is 60.3 Å². The Hall–Kier alpha value is -2.04.